The van der Waals surface area contributed by atoms with E-state index in [4.69, 9.17) is 0 Å². The largest absolute Gasteiger partial charge is 0.384 e. The fourth-order valence-corrected chi connectivity index (χ4v) is 3.69. The first kappa shape index (κ1) is 18.8. The summed E-state index contributed by atoms with van der Waals surface area (Å²) in [5, 5.41) is 10.7. The molecule has 130 valence electrons. The number of thiophene rings is 1. The standard InChI is InChI=1S/C18H23N3OS.ClH/c1-14(22)19-8-9-21(11-15-6-10-23-13-15)12-17-4-2-3-16-5-7-20-18(16)17;/h2-4,6,10,13,20H,5,7-9,11-12H2,1H3,(H,19,22);1H. The molecule has 0 fully saturated rings. The van der Waals surface area contributed by atoms with Gasteiger partial charge >= 0.3 is 0 Å². The summed E-state index contributed by atoms with van der Waals surface area (Å²) in [6.07, 6.45) is 1.11. The van der Waals surface area contributed by atoms with Crippen LogP contribution in [0.25, 0.3) is 0 Å². The van der Waals surface area contributed by atoms with Gasteiger partial charge in [-0.15, -0.1) is 12.4 Å². The lowest BCUT2D eigenvalue weighted by Gasteiger charge is -2.23. The molecule has 1 aromatic heterocycles. The molecule has 0 saturated heterocycles. The van der Waals surface area contributed by atoms with Crippen LogP contribution >= 0.6 is 23.7 Å². The van der Waals surface area contributed by atoms with Gasteiger partial charge in [0, 0.05) is 45.3 Å². The first-order valence-electron chi connectivity index (χ1n) is 8.05. The zero-order valence-electron chi connectivity index (χ0n) is 13.9. The number of hydrogen-bond acceptors (Lipinski definition) is 4. The van der Waals surface area contributed by atoms with Crippen molar-refractivity contribution in [2.45, 2.75) is 26.4 Å². The predicted molar refractivity (Wildman–Crippen MR) is 103 cm³/mol. The summed E-state index contributed by atoms with van der Waals surface area (Å²) >= 11 is 1.73. The summed E-state index contributed by atoms with van der Waals surface area (Å²) < 4.78 is 0. The van der Waals surface area contributed by atoms with Crippen LogP contribution in [-0.4, -0.2) is 30.4 Å². The molecular formula is C18H24ClN3OS. The zero-order chi connectivity index (χ0) is 16.1. The van der Waals surface area contributed by atoms with E-state index in [1.807, 2.05) is 0 Å². The Hall–Kier alpha value is -1.56. The first-order chi connectivity index (χ1) is 11.2. The number of benzene rings is 1. The minimum Gasteiger partial charge on any atom is -0.384 e. The fraction of sp³-hybridized carbons (Fsp3) is 0.389. The quantitative estimate of drug-likeness (QED) is 0.791. The van der Waals surface area contributed by atoms with E-state index in [1.165, 1.54) is 22.4 Å². The number of amides is 1. The number of nitrogens with one attached hydrogen (secondary N) is 2. The number of rotatable bonds is 7. The Morgan fingerprint density at radius 1 is 1.33 bits per heavy atom. The third-order valence-electron chi connectivity index (χ3n) is 4.12. The maximum absolute atomic E-state index is 11.1. The lowest BCUT2D eigenvalue weighted by atomic mass is 10.1. The van der Waals surface area contributed by atoms with Crippen molar-refractivity contribution in [2.75, 3.05) is 25.0 Å². The Kier molecular flexibility index (Phi) is 7.09. The van der Waals surface area contributed by atoms with Crippen LogP contribution in [0.1, 0.15) is 23.6 Å². The Balaban J connectivity index is 0.00000208. The van der Waals surface area contributed by atoms with Crippen molar-refractivity contribution in [3.05, 3.63) is 51.7 Å². The van der Waals surface area contributed by atoms with Gasteiger partial charge in [-0.3, -0.25) is 9.69 Å². The number of carbonyl (C=O) groups excluding carboxylic acids is 1. The molecule has 0 bridgehead atoms. The third kappa shape index (κ3) is 4.97. The van der Waals surface area contributed by atoms with Crippen LogP contribution in [0.5, 0.6) is 0 Å². The van der Waals surface area contributed by atoms with E-state index in [2.05, 4.69) is 50.6 Å². The second-order valence-electron chi connectivity index (χ2n) is 5.95. The van der Waals surface area contributed by atoms with E-state index in [-0.39, 0.29) is 18.3 Å². The Morgan fingerprint density at radius 2 is 2.21 bits per heavy atom. The zero-order valence-corrected chi connectivity index (χ0v) is 15.5. The first-order valence-corrected chi connectivity index (χ1v) is 8.99. The number of carbonyl (C=O) groups is 1. The molecule has 2 aromatic rings. The Morgan fingerprint density at radius 3 is 2.96 bits per heavy atom. The number of para-hydroxylation sites is 1. The maximum Gasteiger partial charge on any atom is 0.216 e. The van der Waals surface area contributed by atoms with Gasteiger partial charge in [-0.25, -0.2) is 0 Å². The molecule has 24 heavy (non-hydrogen) atoms. The molecule has 6 heteroatoms. The van der Waals surface area contributed by atoms with Crippen LogP contribution in [0.3, 0.4) is 0 Å². The smallest absolute Gasteiger partial charge is 0.216 e. The normalized spacial score (nSPS) is 12.4. The number of fused-ring (bicyclic) bond motifs is 1. The molecule has 4 nitrogen and oxygen atoms in total. The molecule has 0 radical (unpaired) electrons. The van der Waals surface area contributed by atoms with Gasteiger partial charge < -0.3 is 10.6 Å². The van der Waals surface area contributed by atoms with Crippen LogP contribution in [0.4, 0.5) is 5.69 Å². The average molecular weight is 366 g/mol. The van der Waals surface area contributed by atoms with Gasteiger partial charge in [0.05, 0.1) is 0 Å². The Labute approximate surface area is 153 Å². The lowest BCUT2D eigenvalue weighted by molar-refractivity contribution is -0.119. The highest BCUT2D eigenvalue weighted by Crippen LogP contribution is 2.27. The fourth-order valence-electron chi connectivity index (χ4n) is 3.03. The minimum atomic E-state index is 0. The average Bonchev–Trinajstić information content (AvgIpc) is 3.18. The monoisotopic (exact) mass is 365 g/mol. The number of anilines is 1. The van der Waals surface area contributed by atoms with Gasteiger partial charge in [-0.1, -0.05) is 18.2 Å². The van der Waals surface area contributed by atoms with E-state index in [9.17, 15) is 4.79 Å². The topological polar surface area (TPSA) is 44.4 Å². The molecule has 1 aromatic carbocycles. The minimum absolute atomic E-state index is 0. The van der Waals surface area contributed by atoms with Crippen molar-refractivity contribution in [3.8, 4) is 0 Å². The van der Waals surface area contributed by atoms with Crippen LogP contribution in [0.2, 0.25) is 0 Å². The van der Waals surface area contributed by atoms with Crippen molar-refractivity contribution < 1.29 is 4.79 Å². The van der Waals surface area contributed by atoms with Gasteiger partial charge in [0.1, 0.15) is 0 Å². The molecule has 2 heterocycles. The summed E-state index contributed by atoms with van der Waals surface area (Å²) in [7, 11) is 0. The summed E-state index contributed by atoms with van der Waals surface area (Å²) in [5.41, 5.74) is 5.40. The second-order valence-corrected chi connectivity index (χ2v) is 6.73. The number of halogens is 1. The SMILES string of the molecule is CC(=O)NCCN(Cc1ccsc1)Cc1cccc2c1NCC2.Cl. The molecule has 1 aliphatic heterocycles. The van der Waals surface area contributed by atoms with E-state index in [0.29, 0.717) is 6.54 Å². The lowest BCUT2D eigenvalue weighted by Crippen LogP contribution is -2.33. The van der Waals surface area contributed by atoms with Crippen molar-refractivity contribution >= 4 is 35.3 Å². The van der Waals surface area contributed by atoms with Crippen LogP contribution in [0, 0.1) is 0 Å². The van der Waals surface area contributed by atoms with E-state index < -0.39 is 0 Å². The van der Waals surface area contributed by atoms with Crippen molar-refractivity contribution in [2.24, 2.45) is 0 Å². The number of hydrogen-bond donors (Lipinski definition) is 2. The molecule has 3 rings (SSSR count). The summed E-state index contributed by atoms with van der Waals surface area (Å²) in [6, 6.07) is 8.73. The Bertz CT molecular complexity index is 660. The van der Waals surface area contributed by atoms with Crippen molar-refractivity contribution in [1.82, 2.24) is 10.2 Å². The van der Waals surface area contributed by atoms with Gasteiger partial charge in [0.2, 0.25) is 5.91 Å². The molecule has 0 unspecified atom stereocenters. The van der Waals surface area contributed by atoms with Gasteiger partial charge in [0.15, 0.2) is 0 Å². The van der Waals surface area contributed by atoms with Gasteiger partial charge in [-0.05, 0) is 39.9 Å². The van der Waals surface area contributed by atoms with Gasteiger partial charge in [-0.2, -0.15) is 11.3 Å². The number of nitrogens with zero attached hydrogens (tertiary/aromatic N) is 1. The van der Waals surface area contributed by atoms with Crippen molar-refractivity contribution in [1.29, 1.82) is 0 Å². The molecule has 0 aliphatic carbocycles. The predicted octanol–water partition coefficient (Wildman–Crippen LogP) is 3.28. The molecule has 0 saturated carbocycles. The van der Waals surface area contributed by atoms with Gasteiger partial charge in [0.25, 0.3) is 0 Å². The highest BCUT2D eigenvalue weighted by Gasteiger charge is 2.16. The summed E-state index contributed by atoms with van der Waals surface area (Å²) in [6.45, 7) is 5.93. The highest BCUT2D eigenvalue weighted by atomic mass is 35.5. The second kappa shape index (κ2) is 9.06. The van der Waals surface area contributed by atoms with Crippen molar-refractivity contribution in [3.63, 3.8) is 0 Å². The third-order valence-corrected chi connectivity index (χ3v) is 4.85. The summed E-state index contributed by atoms with van der Waals surface area (Å²) in [4.78, 5) is 13.5. The van der Waals surface area contributed by atoms with E-state index in [1.54, 1.807) is 18.3 Å². The highest BCUT2D eigenvalue weighted by molar-refractivity contribution is 7.07. The van der Waals surface area contributed by atoms with E-state index >= 15 is 0 Å². The van der Waals surface area contributed by atoms with Crippen LogP contribution in [0.15, 0.2) is 35.0 Å². The molecule has 0 spiro atoms. The molecule has 2 N–H and O–H groups in total. The maximum atomic E-state index is 11.1. The van der Waals surface area contributed by atoms with Crippen LogP contribution in [-0.2, 0) is 24.3 Å². The van der Waals surface area contributed by atoms with E-state index in [0.717, 1.165) is 32.6 Å². The summed E-state index contributed by atoms with van der Waals surface area (Å²) in [5.74, 6) is 0.0303. The molecule has 1 amide bonds. The van der Waals surface area contributed by atoms with Crippen LogP contribution < -0.4 is 10.6 Å². The molecular weight excluding hydrogens is 342 g/mol. The molecule has 1 aliphatic rings. The molecule has 0 atom stereocenters.